The summed E-state index contributed by atoms with van der Waals surface area (Å²) in [6.07, 6.45) is 7.13. The summed E-state index contributed by atoms with van der Waals surface area (Å²) in [5, 5.41) is 9.52. The van der Waals surface area contributed by atoms with E-state index in [0.29, 0.717) is 12.0 Å². The lowest BCUT2D eigenvalue weighted by molar-refractivity contribution is -0.144. The highest BCUT2D eigenvalue weighted by molar-refractivity contribution is 5.85. The Bertz CT molecular complexity index is 399. The van der Waals surface area contributed by atoms with Crippen molar-refractivity contribution < 1.29 is 14.7 Å². The highest BCUT2D eigenvalue weighted by atomic mass is 35.5. The van der Waals surface area contributed by atoms with Gasteiger partial charge in [0.25, 0.3) is 0 Å². The summed E-state index contributed by atoms with van der Waals surface area (Å²) >= 11 is 0. The van der Waals surface area contributed by atoms with Crippen LogP contribution in [0.5, 0.6) is 0 Å². The average molecular weight is 347 g/mol. The number of aliphatic carboxylic acids is 1. The minimum Gasteiger partial charge on any atom is -0.480 e. The Morgan fingerprint density at radius 1 is 1.13 bits per heavy atom. The van der Waals surface area contributed by atoms with E-state index in [2.05, 4.69) is 13.8 Å². The standard InChI is InChI=1S/C17H30N2O3.ClH/c1-3-9-18(10-4-2)16(20)12-19-14-8-6-5-7-13(14)11-15(19)17(21)22;/h13-15H,3-12H2,1-2H3,(H,21,22);1H. The molecule has 0 radical (unpaired) electrons. The van der Waals surface area contributed by atoms with Crippen LogP contribution in [-0.4, -0.2) is 58.5 Å². The van der Waals surface area contributed by atoms with Crippen molar-refractivity contribution in [3.05, 3.63) is 0 Å². The molecule has 0 spiro atoms. The maximum atomic E-state index is 12.6. The molecule has 2 aliphatic rings. The zero-order chi connectivity index (χ0) is 16.1. The predicted octanol–water partition coefficient (Wildman–Crippen LogP) is 2.77. The van der Waals surface area contributed by atoms with Gasteiger partial charge in [0.15, 0.2) is 0 Å². The average Bonchev–Trinajstić information content (AvgIpc) is 2.86. The molecule has 1 amide bonds. The molecule has 1 N–H and O–H groups in total. The van der Waals surface area contributed by atoms with Crippen molar-refractivity contribution >= 4 is 24.3 Å². The number of hydrogen-bond donors (Lipinski definition) is 1. The van der Waals surface area contributed by atoms with Crippen molar-refractivity contribution in [1.82, 2.24) is 9.80 Å². The van der Waals surface area contributed by atoms with Crippen LogP contribution in [0.15, 0.2) is 0 Å². The molecular formula is C17H31ClN2O3. The van der Waals surface area contributed by atoms with Crippen LogP contribution in [0, 0.1) is 5.92 Å². The van der Waals surface area contributed by atoms with Crippen LogP contribution in [-0.2, 0) is 9.59 Å². The van der Waals surface area contributed by atoms with Crippen LogP contribution in [0.25, 0.3) is 0 Å². The second-order valence-electron chi connectivity index (χ2n) is 6.75. The Kier molecular flexibility index (Phi) is 8.34. The first kappa shape index (κ1) is 20.2. The second-order valence-corrected chi connectivity index (χ2v) is 6.75. The molecule has 0 bridgehead atoms. The molecule has 134 valence electrons. The predicted molar refractivity (Wildman–Crippen MR) is 92.9 cm³/mol. The normalized spacial score (nSPS) is 27.1. The molecule has 1 saturated carbocycles. The largest absolute Gasteiger partial charge is 0.480 e. The summed E-state index contributed by atoms with van der Waals surface area (Å²) in [7, 11) is 0. The summed E-state index contributed by atoms with van der Waals surface area (Å²) in [5.74, 6) is -0.200. The number of likely N-dealkylation sites (tertiary alicyclic amines) is 1. The van der Waals surface area contributed by atoms with E-state index in [9.17, 15) is 14.7 Å². The minimum atomic E-state index is -0.764. The maximum absolute atomic E-state index is 12.6. The van der Waals surface area contributed by atoms with Gasteiger partial charge >= 0.3 is 5.97 Å². The van der Waals surface area contributed by atoms with Crippen molar-refractivity contribution in [2.24, 2.45) is 5.92 Å². The molecule has 1 saturated heterocycles. The summed E-state index contributed by atoms with van der Waals surface area (Å²) in [6.45, 7) is 5.96. The maximum Gasteiger partial charge on any atom is 0.320 e. The fraction of sp³-hybridized carbons (Fsp3) is 0.882. The van der Waals surface area contributed by atoms with E-state index in [1.807, 2.05) is 9.80 Å². The molecule has 0 aromatic heterocycles. The molecule has 1 aliphatic heterocycles. The van der Waals surface area contributed by atoms with E-state index in [1.54, 1.807) is 0 Å². The molecule has 23 heavy (non-hydrogen) atoms. The van der Waals surface area contributed by atoms with Crippen LogP contribution in [0.4, 0.5) is 0 Å². The highest BCUT2D eigenvalue weighted by Gasteiger charge is 2.45. The first-order valence-electron chi connectivity index (χ1n) is 8.84. The van der Waals surface area contributed by atoms with Gasteiger partial charge in [-0.3, -0.25) is 14.5 Å². The Hall–Kier alpha value is -0.810. The number of fused-ring (bicyclic) bond motifs is 1. The number of halogens is 1. The van der Waals surface area contributed by atoms with Crippen molar-refractivity contribution in [1.29, 1.82) is 0 Å². The van der Waals surface area contributed by atoms with E-state index in [1.165, 1.54) is 6.42 Å². The van der Waals surface area contributed by atoms with Crippen LogP contribution in [0.3, 0.4) is 0 Å². The second kappa shape index (κ2) is 9.48. The third-order valence-corrected chi connectivity index (χ3v) is 5.16. The van der Waals surface area contributed by atoms with Crippen LogP contribution >= 0.6 is 12.4 Å². The van der Waals surface area contributed by atoms with Gasteiger partial charge in [-0.25, -0.2) is 0 Å². The number of carbonyl (C=O) groups is 2. The molecule has 3 unspecified atom stereocenters. The van der Waals surface area contributed by atoms with Crippen molar-refractivity contribution in [3.63, 3.8) is 0 Å². The third kappa shape index (κ3) is 4.83. The third-order valence-electron chi connectivity index (χ3n) is 5.16. The lowest BCUT2D eigenvalue weighted by atomic mass is 9.85. The zero-order valence-corrected chi connectivity index (χ0v) is 15.2. The molecule has 2 rings (SSSR count). The van der Waals surface area contributed by atoms with Crippen molar-refractivity contribution in [2.75, 3.05) is 19.6 Å². The minimum absolute atomic E-state index is 0. The van der Waals surface area contributed by atoms with Crippen molar-refractivity contribution in [3.8, 4) is 0 Å². The fourth-order valence-electron chi connectivity index (χ4n) is 4.18. The van der Waals surface area contributed by atoms with Crippen LogP contribution in [0.1, 0.15) is 58.8 Å². The van der Waals surface area contributed by atoms with E-state index >= 15 is 0 Å². The van der Waals surface area contributed by atoms with Gasteiger partial charge in [0, 0.05) is 19.1 Å². The van der Waals surface area contributed by atoms with Gasteiger partial charge in [0.1, 0.15) is 6.04 Å². The van der Waals surface area contributed by atoms with E-state index in [-0.39, 0.29) is 24.9 Å². The Balaban J connectivity index is 0.00000264. The topological polar surface area (TPSA) is 60.9 Å². The van der Waals surface area contributed by atoms with E-state index < -0.39 is 12.0 Å². The monoisotopic (exact) mass is 346 g/mol. The number of rotatable bonds is 7. The van der Waals surface area contributed by atoms with Gasteiger partial charge in [-0.15, -0.1) is 12.4 Å². The summed E-state index contributed by atoms with van der Waals surface area (Å²) < 4.78 is 0. The molecule has 1 heterocycles. The van der Waals surface area contributed by atoms with E-state index in [0.717, 1.165) is 51.6 Å². The molecular weight excluding hydrogens is 316 g/mol. The number of carboxylic acid groups (broad SMARTS) is 1. The number of carboxylic acids is 1. The van der Waals surface area contributed by atoms with Gasteiger partial charge in [0.05, 0.1) is 6.54 Å². The smallest absolute Gasteiger partial charge is 0.320 e. The van der Waals surface area contributed by atoms with Gasteiger partial charge in [-0.1, -0.05) is 26.7 Å². The fourth-order valence-corrected chi connectivity index (χ4v) is 4.18. The molecule has 6 heteroatoms. The summed E-state index contributed by atoms with van der Waals surface area (Å²) in [4.78, 5) is 28.1. The van der Waals surface area contributed by atoms with Crippen LogP contribution in [0.2, 0.25) is 0 Å². The number of nitrogens with zero attached hydrogens (tertiary/aromatic N) is 2. The molecule has 5 nitrogen and oxygen atoms in total. The molecule has 0 aromatic carbocycles. The lowest BCUT2D eigenvalue weighted by Gasteiger charge is -2.34. The number of hydrogen-bond acceptors (Lipinski definition) is 3. The highest BCUT2D eigenvalue weighted by Crippen LogP contribution is 2.39. The first-order chi connectivity index (χ1) is 10.6. The Labute approximate surface area is 145 Å². The van der Waals surface area contributed by atoms with Gasteiger partial charge in [-0.05, 0) is 38.0 Å². The Morgan fingerprint density at radius 2 is 1.74 bits per heavy atom. The quantitative estimate of drug-likeness (QED) is 0.770. The lowest BCUT2D eigenvalue weighted by Crippen LogP contribution is -2.48. The molecule has 1 aliphatic carbocycles. The number of carbonyl (C=O) groups excluding carboxylic acids is 1. The SMILES string of the molecule is CCCN(CCC)C(=O)CN1C(C(=O)O)CC2CCCCC21.Cl. The molecule has 2 fully saturated rings. The van der Waals surface area contributed by atoms with Crippen molar-refractivity contribution in [2.45, 2.75) is 70.9 Å². The Morgan fingerprint density at radius 3 is 2.30 bits per heavy atom. The molecule has 0 aromatic rings. The van der Waals surface area contributed by atoms with Gasteiger partial charge in [0.2, 0.25) is 5.91 Å². The van der Waals surface area contributed by atoms with Gasteiger partial charge in [-0.2, -0.15) is 0 Å². The molecule has 3 atom stereocenters. The first-order valence-corrected chi connectivity index (χ1v) is 8.84. The van der Waals surface area contributed by atoms with Crippen LogP contribution < -0.4 is 0 Å². The number of amides is 1. The van der Waals surface area contributed by atoms with E-state index in [4.69, 9.17) is 0 Å². The summed E-state index contributed by atoms with van der Waals surface area (Å²) in [5.41, 5.74) is 0. The zero-order valence-electron chi connectivity index (χ0n) is 14.4. The summed E-state index contributed by atoms with van der Waals surface area (Å²) in [6, 6.07) is -0.175. The van der Waals surface area contributed by atoms with Gasteiger partial charge < -0.3 is 10.0 Å².